The predicted molar refractivity (Wildman–Crippen MR) is 92.4 cm³/mol. The van der Waals surface area contributed by atoms with Crippen LogP contribution in [0.3, 0.4) is 0 Å². The average Bonchev–Trinajstić information content (AvgIpc) is 2.61. The summed E-state index contributed by atoms with van der Waals surface area (Å²) in [5, 5.41) is 3.25. The maximum Gasteiger partial charge on any atom is 0.224 e. The fourth-order valence-electron chi connectivity index (χ4n) is 2.42. The maximum atomic E-state index is 12.2. The number of nitrogens with one attached hydrogen (secondary N) is 1. The lowest BCUT2D eigenvalue weighted by Gasteiger charge is -2.20. The van der Waals surface area contributed by atoms with Crippen molar-refractivity contribution in [3.8, 4) is 17.2 Å². The molecular weight excluding hydrogens is 330 g/mol. The zero-order valence-corrected chi connectivity index (χ0v) is 14.1. The number of aryl methyl sites for hydroxylation is 1. The topological polar surface area (TPSA) is 56.8 Å². The molecule has 0 aliphatic carbocycles. The zero-order valence-electron chi connectivity index (χ0n) is 13.3. The number of hydrogen-bond acceptors (Lipinski definition) is 4. The van der Waals surface area contributed by atoms with E-state index < -0.39 is 0 Å². The first kappa shape index (κ1) is 16.5. The quantitative estimate of drug-likeness (QED) is 0.896. The van der Waals surface area contributed by atoms with E-state index in [1.54, 1.807) is 19.2 Å². The number of ether oxygens (including phenoxy) is 3. The third-order valence-corrected chi connectivity index (χ3v) is 4.02. The number of benzene rings is 2. The summed E-state index contributed by atoms with van der Waals surface area (Å²) in [6.45, 7) is 0.983. The highest BCUT2D eigenvalue weighted by Gasteiger charge is 2.16. The minimum atomic E-state index is -0.107. The van der Waals surface area contributed by atoms with E-state index in [-0.39, 0.29) is 5.91 Å². The fourth-order valence-corrected chi connectivity index (χ4v) is 2.62. The van der Waals surface area contributed by atoms with Gasteiger partial charge in [0.05, 0.1) is 17.8 Å². The molecular formula is C18H18ClNO4. The second kappa shape index (κ2) is 7.45. The van der Waals surface area contributed by atoms with Crippen LogP contribution in [0.1, 0.15) is 12.0 Å². The van der Waals surface area contributed by atoms with Crippen molar-refractivity contribution in [1.29, 1.82) is 0 Å². The number of amides is 1. The van der Waals surface area contributed by atoms with Crippen molar-refractivity contribution in [2.75, 3.05) is 25.6 Å². The van der Waals surface area contributed by atoms with Crippen LogP contribution in [0.2, 0.25) is 5.02 Å². The van der Waals surface area contributed by atoms with Gasteiger partial charge in [-0.05, 0) is 24.1 Å². The van der Waals surface area contributed by atoms with Crippen molar-refractivity contribution < 1.29 is 19.0 Å². The lowest BCUT2D eigenvalue weighted by atomic mass is 10.1. The molecule has 1 amide bonds. The van der Waals surface area contributed by atoms with Crippen LogP contribution < -0.4 is 19.5 Å². The minimum Gasteiger partial charge on any atom is -0.497 e. The molecule has 0 atom stereocenters. The van der Waals surface area contributed by atoms with Gasteiger partial charge in [-0.2, -0.15) is 0 Å². The lowest BCUT2D eigenvalue weighted by Crippen LogP contribution is -2.17. The van der Waals surface area contributed by atoms with Crippen LogP contribution in [0, 0.1) is 0 Å². The Kier molecular flexibility index (Phi) is 5.11. The molecule has 5 nitrogen and oxygen atoms in total. The first-order valence-corrected chi connectivity index (χ1v) is 8.05. The average molecular weight is 348 g/mol. The van der Waals surface area contributed by atoms with E-state index in [1.165, 1.54) is 0 Å². The SMILES string of the molecule is COc1ccc(CCC(=O)Nc2cc3c(cc2Cl)OCCO3)cc1. The molecule has 3 rings (SSSR count). The number of anilines is 1. The number of methoxy groups -OCH3 is 1. The predicted octanol–water partition coefficient (Wildman–Crippen LogP) is 3.69. The molecule has 1 aliphatic rings. The summed E-state index contributed by atoms with van der Waals surface area (Å²) in [7, 11) is 1.62. The summed E-state index contributed by atoms with van der Waals surface area (Å²) in [6.07, 6.45) is 0.995. The molecule has 0 aromatic heterocycles. The normalized spacial score (nSPS) is 12.6. The van der Waals surface area contributed by atoms with E-state index in [4.69, 9.17) is 25.8 Å². The van der Waals surface area contributed by atoms with Gasteiger partial charge in [0.25, 0.3) is 0 Å². The Morgan fingerprint density at radius 3 is 2.50 bits per heavy atom. The highest BCUT2D eigenvalue weighted by atomic mass is 35.5. The van der Waals surface area contributed by atoms with E-state index in [9.17, 15) is 4.79 Å². The molecule has 126 valence electrons. The van der Waals surface area contributed by atoms with Crippen LogP contribution in [0.15, 0.2) is 36.4 Å². The molecule has 0 saturated heterocycles. The first-order valence-electron chi connectivity index (χ1n) is 7.67. The third-order valence-electron chi connectivity index (χ3n) is 3.71. The van der Waals surface area contributed by atoms with Crippen LogP contribution >= 0.6 is 11.6 Å². The van der Waals surface area contributed by atoms with Gasteiger partial charge in [0.1, 0.15) is 19.0 Å². The number of hydrogen-bond donors (Lipinski definition) is 1. The van der Waals surface area contributed by atoms with Crippen molar-refractivity contribution in [3.05, 3.63) is 47.0 Å². The molecule has 1 N–H and O–H groups in total. The van der Waals surface area contributed by atoms with Gasteiger partial charge in [-0.3, -0.25) is 4.79 Å². The van der Waals surface area contributed by atoms with E-state index in [1.807, 2.05) is 24.3 Å². The van der Waals surface area contributed by atoms with Crippen LogP contribution in [-0.4, -0.2) is 26.2 Å². The monoisotopic (exact) mass is 347 g/mol. The zero-order chi connectivity index (χ0) is 16.9. The molecule has 0 spiro atoms. The molecule has 6 heteroatoms. The van der Waals surface area contributed by atoms with Gasteiger partial charge in [-0.25, -0.2) is 0 Å². The Bertz CT molecular complexity index is 731. The maximum absolute atomic E-state index is 12.2. The highest BCUT2D eigenvalue weighted by molar-refractivity contribution is 6.34. The molecule has 2 aromatic rings. The largest absolute Gasteiger partial charge is 0.497 e. The van der Waals surface area contributed by atoms with Crippen LogP contribution in [0.4, 0.5) is 5.69 Å². The van der Waals surface area contributed by atoms with Crippen molar-refractivity contribution in [2.45, 2.75) is 12.8 Å². The fraction of sp³-hybridized carbons (Fsp3) is 0.278. The molecule has 0 bridgehead atoms. The van der Waals surface area contributed by atoms with Gasteiger partial charge in [-0.15, -0.1) is 0 Å². The molecule has 0 radical (unpaired) electrons. The minimum absolute atomic E-state index is 0.107. The Hall–Kier alpha value is -2.40. The van der Waals surface area contributed by atoms with E-state index in [0.29, 0.717) is 48.3 Å². The Morgan fingerprint density at radius 2 is 1.83 bits per heavy atom. The van der Waals surface area contributed by atoms with Gasteiger partial charge in [0, 0.05) is 18.6 Å². The summed E-state index contributed by atoms with van der Waals surface area (Å²) in [5.41, 5.74) is 1.60. The van der Waals surface area contributed by atoms with Crippen LogP contribution in [-0.2, 0) is 11.2 Å². The third kappa shape index (κ3) is 3.92. The summed E-state index contributed by atoms with van der Waals surface area (Å²) in [4.78, 5) is 12.2. The Balaban J connectivity index is 1.60. The summed E-state index contributed by atoms with van der Waals surface area (Å²) in [6, 6.07) is 11.0. The molecule has 2 aromatic carbocycles. The van der Waals surface area contributed by atoms with E-state index >= 15 is 0 Å². The molecule has 0 saturated carbocycles. The summed E-state index contributed by atoms with van der Waals surface area (Å²) >= 11 is 6.19. The Labute approximate surface area is 145 Å². The first-order chi connectivity index (χ1) is 11.7. The van der Waals surface area contributed by atoms with Crippen molar-refractivity contribution in [2.24, 2.45) is 0 Å². The van der Waals surface area contributed by atoms with Crippen LogP contribution in [0.5, 0.6) is 17.2 Å². The second-order valence-electron chi connectivity index (χ2n) is 5.37. The van der Waals surface area contributed by atoms with Gasteiger partial charge in [0.2, 0.25) is 5.91 Å². The van der Waals surface area contributed by atoms with Crippen molar-refractivity contribution in [1.82, 2.24) is 0 Å². The Morgan fingerprint density at radius 1 is 1.17 bits per heavy atom. The molecule has 1 aliphatic heterocycles. The standard InChI is InChI=1S/C18H18ClNO4/c1-22-13-5-2-12(3-6-13)4-7-18(21)20-15-11-17-16(10-14(15)19)23-8-9-24-17/h2-3,5-6,10-11H,4,7-9H2,1H3,(H,20,21). The van der Waals surface area contributed by atoms with E-state index in [2.05, 4.69) is 5.32 Å². The van der Waals surface area contributed by atoms with Crippen molar-refractivity contribution >= 4 is 23.2 Å². The number of rotatable bonds is 5. The lowest BCUT2D eigenvalue weighted by molar-refractivity contribution is -0.116. The summed E-state index contributed by atoms with van der Waals surface area (Å²) < 4.78 is 16.1. The highest BCUT2D eigenvalue weighted by Crippen LogP contribution is 2.38. The smallest absolute Gasteiger partial charge is 0.224 e. The van der Waals surface area contributed by atoms with Gasteiger partial charge >= 0.3 is 0 Å². The van der Waals surface area contributed by atoms with Crippen molar-refractivity contribution in [3.63, 3.8) is 0 Å². The number of halogens is 1. The molecule has 1 heterocycles. The van der Waals surface area contributed by atoms with Gasteiger partial charge in [-0.1, -0.05) is 23.7 Å². The molecule has 0 unspecified atom stereocenters. The molecule has 0 fully saturated rings. The van der Waals surface area contributed by atoms with Crippen LogP contribution in [0.25, 0.3) is 0 Å². The summed E-state index contributed by atoms with van der Waals surface area (Å²) in [5.74, 6) is 1.88. The van der Waals surface area contributed by atoms with Gasteiger partial charge in [0.15, 0.2) is 11.5 Å². The number of carbonyl (C=O) groups excluding carboxylic acids is 1. The number of fused-ring (bicyclic) bond motifs is 1. The van der Waals surface area contributed by atoms with E-state index in [0.717, 1.165) is 11.3 Å². The number of carbonyl (C=O) groups is 1. The molecule has 24 heavy (non-hydrogen) atoms. The second-order valence-corrected chi connectivity index (χ2v) is 5.78. The van der Waals surface area contributed by atoms with Gasteiger partial charge < -0.3 is 19.5 Å².